The molecule has 0 heterocycles. The van der Waals surface area contributed by atoms with Gasteiger partial charge in [-0.15, -0.1) is 17.9 Å². The summed E-state index contributed by atoms with van der Waals surface area (Å²) in [4.78, 5) is 0. The molecule has 0 aromatic heterocycles. The summed E-state index contributed by atoms with van der Waals surface area (Å²) in [5.41, 5.74) is 1.32. The molecule has 0 aromatic rings. The molecule has 0 amide bonds. The fraction of sp³-hybridized carbons (Fsp3) is 0.800. The van der Waals surface area contributed by atoms with E-state index in [1.807, 2.05) is 0 Å². The Bertz CT molecular complexity index is 286. The summed E-state index contributed by atoms with van der Waals surface area (Å²) in [5.74, 6) is 0.466. The van der Waals surface area contributed by atoms with Crippen LogP contribution >= 0.6 is 66.7 Å². The van der Waals surface area contributed by atoms with Crippen LogP contribution in [0.1, 0.15) is 34.1 Å². The Balaban J connectivity index is 4.53. The summed E-state index contributed by atoms with van der Waals surface area (Å²) in [6.45, 7) is 8.70. The van der Waals surface area contributed by atoms with Crippen LogP contribution in [0.15, 0.2) is 11.6 Å². The standard InChI is InChI=1S/C10H28O2P8/c1-7(2)5-10(12-20(16)18-14)8(3)6-9(4)11-19(15)17-13/h5,8-10,17-18H,6,13-16H2,1-4H3/t8-,9-,10-,19?,20?/m0/s1. The lowest BCUT2D eigenvalue weighted by atomic mass is 9.97. The summed E-state index contributed by atoms with van der Waals surface area (Å²) in [6.07, 6.45) is 3.76. The van der Waals surface area contributed by atoms with Gasteiger partial charge in [0.25, 0.3) is 0 Å². The Morgan fingerprint density at radius 3 is 2.05 bits per heavy atom. The third kappa shape index (κ3) is 11.6. The van der Waals surface area contributed by atoms with Crippen molar-refractivity contribution in [2.24, 2.45) is 5.92 Å². The lowest BCUT2D eigenvalue weighted by Gasteiger charge is -2.27. The maximum Gasteiger partial charge on any atom is 0.0836 e. The van der Waals surface area contributed by atoms with Crippen molar-refractivity contribution >= 4 is 66.7 Å². The number of rotatable bonds is 10. The van der Waals surface area contributed by atoms with Gasteiger partial charge < -0.3 is 9.05 Å². The highest BCUT2D eigenvalue weighted by molar-refractivity contribution is 8.60. The zero-order chi connectivity index (χ0) is 15.7. The molecule has 0 aliphatic carbocycles. The Morgan fingerprint density at radius 2 is 1.60 bits per heavy atom. The van der Waals surface area contributed by atoms with Crippen LogP contribution in [-0.4, -0.2) is 12.2 Å². The smallest absolute Gasteiger partial charge is 0.0836 e. The number of hydrogen-bond acceptors (Lipinski definition) is 2. The van der Waals surface area contributed by atoms with Gasteiger partial charge in [-0.25, -0.2) is 0 Å². The molecule has 0 saturated carbocycles. The number of allylic oxidation sites excluding steroid dienone is 1. The van der Waals surface area contributed by atoms with Gasteiger partial charge in [0.2, 0.25) is 0 Å². The van der Waals surface area contributed by atoms with Crippen LogP contribution in [0.5, 0.6) is 0 Å². The lowest BCUT2D eigenvalue weighted by molar-refractivity contribution is 0.153. The minimum absolute atomic E-state index is 0.192. The average molecular weight is 428 g/mol. The SMILES string of the molecule is CC(C)=C[C@H](OP(P)PP)[C@@H](C)C[C@H](C)OP(P)PP. The molecule has 0 aliphatic rings. The molecule has 0 rings (SSSR count). The molecule has 0 bridgehead atoms. The van der Waals surface area contributed by atoms with Gasteiger partial charge in [0, 0.05) is 0 Å². The molecule has 0 N–H and O–H groups in total. The van der Waals surface area contributed by atoms with E-state index in [-0.39, 0.29) is 19.7 Å². The summed E-state index contributed by atoms with van der Waals surface area (Å²) >= 11 is 0. The molecule has 20 heavy (non-hydrogen) atoms. The molecule has 0 aromatic carbocycles. The summed E-state index contributed by atoms with van der Waals surface area (Å²) in [7, 11) is 12.0. The largest absolute Gasteiger partial charge is 0.348 e. The van der Waals surface area contributed by atoms with Gasteiger partial charge in [-0.2, -0.15) is 0 Å². The molecule has 8 unspecified atom stereocenters. The first-order chi connectivity index (χ1) is 9.29. The molecule has 0 saturated heterocycles. The van der Waals surface area contributed by atoms with Gasteiger partial charge in [0.15, 0.2) is 0 Å². The van der Waals surface area contributed by atoms with E-state index in [1.54, 1.807) is 0 Å². The van der Waals surface area contributed by atoms with Crippen LogP contribution in [0.2, 0.25) is 0 Å². The highest BCUT2D eigenvalue weighted by atomic mass is 32.6. The zero-order valence-corrected chi connectivity index (χ0v) is 20.9. The van der Waals surface area contributed by atoms with E-state index < -0.39 is 7.53 Å². The Kier molecular flexibility index (Phi) is 15.5. The second-order valence-electron chi connectivity index (χ2n) is 4.85. The van der Waals surface area contributed by atoms with E-state index in [1.165, 1.54) is 5.57 Å². The minimum atomic E-state index is -0.406. The maximum absolute atomic E-state index is 6.19. The van der Waals surface area contributed by atoms with Crippen molar-refractivity contribution in [2.75, 3.05) is 0 Å². The topological polar surface area (TPSA) is 18.5 Å². The normalized spacial score (nSPS) is 20.2. The van der Waals surface area contributed by atoms with Crippen LogP contribution in [0.25, 0.3) is 0 Å². The molecule has 0 radical (unpaired) electrons. The van der Waals surface area contributed by atoms with Gasteiger partial charge in [-0.1, -0.05) is 36.4 Å². The van der Waals surface area contributed by atoms with Crippen LogP contribution < -0.4 is 0 Å². The van der Waals surface area contributed by atoms with Crippen molar-refractivity contribution in [3.8, 4) is 0 Å². The molecular weight excluding hydrogens is 400 g/mol. The second-order valence-corrected chi connectivity index (χ2v) is 21.8. The van der Waals surface area contributed by atoms with Crippen molar-refractivity contribution in [1.29, 1.82) is 0 Å². The first kappa shape index (κ1) is 23.1. The highest BCUT2D eigenvalue weighted by Crippen LogP contribution is 2.68. The first-order valence-electron chi connectivity index (χ1n) is 6.30. The van der Waals surface area contributed by atoms with Crippen molar-refractivity contribution in [3.05, 3.63) is 11.6 Å². The maximum atomic E-state index is 6.19. The van der Waals surface area contributed by atoms with E-state index in [4.69, 9.17) is 9.05 Å². The fourth-order valence-corrected chi connectivity index (χ4v) is 6.25. The van der Waals surface area contributed by atoms with E-state index in [0.29, 0.717) is 5.92 Å². The Morgan fingerprint density at radius 1 is 1.10 bits per heavy atom. The predicted octanol–water partition coefficient (Wildman–Crippen LogP) is 6.91. The molecule has 2 nitrogen and oxygen atoms in total. The number of hydrogen-bond donors (Lipinski definition) is 0. The quantitative estimate of drug-likeness (QED) is 0.278. The third-order valence-corrected chi connectivity index (χ3v) is 19.6. The van der Waals surface area contributed by atoms with Gasteiger partial charge in [0.1, 0.15) is 0 Å². The molecular formula is C10H28O2P8. The van der Waals surface area contributed by atoms with Crippen LogP contribution in [0.3, 0.4) is 0 Å². The zero-order valence-electron chi connectivity index (χ0n) is 12.5. The van der Waals surface area contributed by atoms with Crippen LogP contribution in [0, 0.1) is 5.92 Å². The first-order valence-corrected chi connectivity index (χ1v) is 19.4. The molecule has 10 heteroatoms. The van der Waals surface area contributed by atoms with Crippen molar-refractivity contribution in [1.82, 2.24) is 0 Å². The van der Waals surface area contributed by atoms with Gasteiger partial charge >= 0.3 is 0 Å². The van der Waals surface area contributed by atoms with Crippen molar-refractivity contribution < 1.29 is 9.05 Å². The molecule has 0 fully saturated rings. The van der Waals surface area contributed by atoms with Gasteiger partial charge in [-0.3, -0.25) is 0 Å². The summed E-state index contributed by atoms with van der Waals surface area (Å²) in [5, 5.41) is 0. The van der Waals surface area contributed by atoms with Crippen LogP contribution in [0.4, 0.5) is 0 Å². The predicted molar refractivity (Wildman–Crippen MR) is 118 cm³/mol. The Labute approximate surface area is 139 Å². The lowest BCUT2D eigenvalue weighted by Crippen LogP contribution is -2.21. The van der Waals surface area contributed by atoms with E-state index >= 15 is 0 Å². The Hall–Kier alpha value is 3.10. The molecule has 11 atom stereocenters. The third-order valence-electron chi connectivity index (χ3n) is 2.55. The highest BCUT2D eigenvalue weighted by Gasteiger charge is 2.21. The van der Waals surface area contributed by atoms with Gasteiger partial charge in [-0.05, 0) is 49.0 Å². The monoisotopic (exact) mass is 428 g/mol. The van der Waals surface area contributed by atoms with E-state index in [9.17, 15) is 0 Å². The minimum Gasteiger partial charge on any atom is -0.348 e. The van der Waals surface area contributed by atoms with Crippen LogP contribution in [-0.2, 0) is 9.05 Å². The van der Waals surface area contributed by atoms with Gasteiger partial charge in [0.05, 0.1) is 27.3 Å². The van der Waals surface area contributed by atoms with E-state index in [2.05, 4.69) is 69.5 Å². The fourth-order valence-electron chi connectivity index (χ4n) is 1.71. The summed E-state index contributed by atoms with van der Waals surface area (Å²) in [6, 6.07) is 0. The molecule has 120 valence electrons. The molecule has 0 spiro atoms. The summed E-state index contributed by atoms with van der Waals surface area (Å²) < 4.78 is 12.2. The van der Waals surface area contributed by atoms with Crippen molar-refractivity contribution in [2.45, 2.75) is 46.3 Å². The van der Waals surface area contributed by atoms with Crippen molar-refractivity contribution in [3.63, 3.8) is 0 Å². The van der Waals surface area contributed by atoms with E-state index in [0.717, 1.165) is 22.3 Å². The average Bonchev–Trinajstić information content (AvgIpc) is 2.36. The second kappa shape index (κ2) is 13.4. The molecule has 0 aliphatic heterocycles.